The fraction of sp³-hybridized carbons (Fsp3) is 0.400. The van der Waals surface area contributed by atoms with E-state index in [4.69, 9.17) is 17.5 Å². The summed E-state index contributed by atoms with van der Waals surface area (Å²) in [6.45, 7) is 9.21. The number of benzene rings is 2. The molecule has 2 aromatic carbocycles. The van der Waals surface area contributed by atoms with Gasteiger partial charge in [0.1, 0.15) is 22.1 Å². The van der Waals surface area contributed by atoms with Crippen LogP contribution in [0.3, 0.4) is 0 Å². The van der Waals surface area contributed by atoms with Gasteiger partial charge in [-0.2, -0.15) is 17.5 Å². The summed E-state index contributed by atoms with van der Waals surface area (Å²) in [4.78, 5) is 4.88. The summed E-state index contributed by atoms with van der Waals surface area (Å²) in [6.07, 6.45) is 12.4. The van der Waals surface area contributed by atoms with E-state index in [9.17, 15) is 0 Å². The molecule has 0 N–H and O–H groups in total. The summed E-state index contributed by atoms with van der Waals surface area (Å²) in [6, 6.07) is 18.2. The first kappa shape index (κ1) is 37.5. The minimum absolute atomic E-state index is 0.724. The molecule has 7 rings (SSSR count). The van der Waals surface area contributed by atoms with Crippen LogP contribution in [0.2, 0.25) is 0 Å². The van der Waals surface area contributed by atoms with Crippen LogP contribution >= 0.6 is 89.3 Å². The zero-order valence-corrected chi connectivity index (χ0v) is 36.7. The molecule has 2 unspecified atom stereocenters. The highest BCUT2D eigenvalue weighted by atomic mass is 79.9. The maximum absolute atomic E-state index is 4.83. The molecule has 0 amide bonds. The molecule has 4 nitrogen and oxygen atoms in total. The lowest BCUT2D eigenvalue weighted by atomic mass is 9.93. The maximum atomic E-state index is 4.83. The van der Waals surface area contributed by atoms with E-state index >= 15 is 0 Å². The molecule has 0 aliphatic carbocycles. The molecule has 266 valence electrons. The monoisotopic (exact) mass is 896 g/mol. The molecule has 11 heteroatoms. The van der Waals surface area contributed by atoms with E-state index in [1.807, 2.05) is 22.7 Å². The Labute approximate surface area is 338 Å². The number of nitrogens with zero attached hydrogens (tertiary/aromatic N) is 4. The van der Waals surface area contributed by atoms with Gasteiger partial charge in [-0.05, 0) is 91.9 Å². The van der Waals surface area contributed by atoms with Crippen molar-refractivity contribution < 1.29 is 0 Å². The molecule has 0 bridgehead atoms. The molecule has 0 radical (unpaired) electrons. The Kier molecular flexibility index (Phi) is 12.5. The summed E-state index contributed by atoms with van der Waals surface area (Å²) in [5, 5.41) is 0. The Hall–Kier alpha value is -1.86. The maximum Gasteiger partial charge on any atom is 0.114 e. The number of hydrogen-bond acceptors (Lipinski definition) is 9. The van der Waals surface area contributed by atoms with Gasteiger partial charge in [-0.3, -0.25) is 0 Å². The molecule has 5 heterocycles. The number of hydrogen-bond donors (Lipinski definition) is 0. The molecule has 7 aromatic rings. The Morgan fingerprint density at radius 1 is 0.510 bits per heavy atom. The van der Waals surface area contributed by atoms with Gasteiger partial charge in [0.15, 0.2) is 0 Å². The van der Waals surface area contributed by atoms with E-state index in [-0.39, 0.29) is 0 Å². The first-order valence-corrected chi connectivity index (χ1v) is 23.6. The minimum atomic E-state index is 0.724. The summed E-state index contributed by atoms with van der Waals surface area (Å²) in [5.41, 5.74) is 11.3. The fourth-order valence-electron chi connectivity index (χ4n) is 7.02. The fourth-order valence-corrected chi connectivity index (χ4v) is 12.7. The summed E-state index contributed by atoms with van der Waals surface area (Å²) < 4.78 is 21.8. The smallest absolute Gasteiger partial charge is 0.114 e. The van der Waals surface area contributed by atoms with Crippen molar-refractivity contribution in [2.75, 3.05) is 0 Å². The van der Waals surface area contributed by atoms with Gasteiger partial charge in [-0.25, -0.2) is 0 Å². The molecule has 0 aliphatic heterocycles. The molecular formula is C40H42Br2N4S5. The zero-order valence-electron chi connectivity index (χ0n) is 29.4. The van der Waals surface area contributed by atoms with Crippen LogP contribution < -0.4 is 0 Å². The van der Waals surface area contributed by atoms with Gasteiger partial charge in [0.05, 0.1) is 31.0 Å². The Morgan fingerprint density at radius 2 is 0.882 bits per heavy atom. The average Bonchev–Trinajstić information content (AvgIpc) is 3.99. The van der Waals surface area contributed by atoms with E-state index in [1.54, 1.807) is 11.3 Å². The van der Waals surface area contributed by atoms with E-state index < -0.39 is 0 Å². The van der Waals surface area contributed by atoms with Crippen molar-refractivity contribution in [1.29, 1.82) is 0 Å². The van der Waals surface area contributed by atoms with Crippen LogP contribution in [0.25, 0.3) is 63.8 Å². The summed E-state index contributed by atoms with van der Waals surface area (Å²) in [7, 11) is 0. The normalized spacial score (nSPS) is 13.1. The molecule has 5 aromatic heterocycles. The number of rotatable bonds is 16. The van der Waals surface area contributed by atoms with Crippen LogP contribution in [-0.4, -0.2) is 17.5 Å². The Balaban J connectivity index is 1.16. The SMILES string of the molecule is CCCCC(CC)Cc1cc(-c2ccc(-c3ccc(-c4ccc(-c5cc(CC(CC)CCCC)c(Br)s5)c5nsnc45)s3)c3nsnc23)sc1Br. The number of unbranched alkanes of at least 4 members (excludes halogenated alkanes) is 2. The third-order valence-electron chi connectivity index (χ3n) is 10.1. The first-order chi connectivity index (χ1) is 24.9. The van der Waals surface area contributed by atoms with Gasteiger partial charge < -0.3 is 0 Å². The van der Waals surface area contributed by atoms with Crippen molar-refractivity contribution in [3.8, 4) is 41.8 Å². The first-order valence-electron chi connectivity index (χ1n) is 18.1. The van der Waals surface area contributed by atoms with Gasteiger partial charge in [0.2, 0.25) is 0 Å². The van der Waals surface area contributed by atoms with Gasteiger partial charge in [0.25, 0.3) is 0 Å². The van der Waals surface area contributed by atoms with E-state index in [0.717, 1.165) is 57.9 Å². The predicted molar refractivity (Wildman–Crippen MR) is 233 cm³/mol. The van der Waals surface area contributed by atoms with Crippen LogP contribution in [0, 0.1) is 11.8 Å². The van der Waals surface area contributed by atoms with Crippen molar-refractivity contribution in [2.24, 2.45) is 11.8 Å². The Bertz CT molecular complexity index is 2090. The van der Waals surface area contributed by atoms with Crippen LogP contribution in [0.1, 0.15) is 90.2 Å². The lowest BCUT2D eigenvalue weighted by Crippen LogP contribution is -2.02. The predicted octanol–water partition coefficient (Wildman–Crippen LogP) is 15.6. The standard InChI is InChI=1S/C40H42Br2N4S5/c1-5-9-11-23(7-3)19-25-21-33(48-39(25)41)29-15-13-27(35-37(29)45-50-43-35)31-17-18-32(47-31)28-14-16-30(38-36(28)44-51-46-38)34-22-26(40(42)49-34)20-24(8-4)12-10-6-2/h13-18,21-24H,5-12,19-20H2,1-4H3. The van der Waals surface area contributed by atoms with E-state index in [2.05, 4.69) is 108 Å². The van der Waals surface area contributed by atoms with Crippen LogP contribution in [0.4, 0.5) is 0 Å². The number of halogens is 2. The average molecular weight is 899 g/mol. The molecule has 0 saturated heterocycles. The van der Waals surface area contributed by atoms with E-state index in [1.165, 1.54) is 124 Å². The zero-order chi connectivity index (χ0) is 35.5. The second kappa shape index (κ2) is 17.1. The van der Waals surface area contributed by atoms with Crippen molar-refractivity contribution in [2.45, 2.75) is 91.9 Å². The molecule has 0 fully saturated rings. The van der Waals surface area contributed by atoms with Crippen LogP contribution in [0.5, 0.6) is 0 Å². The number of fused-ring (bicyclic) bond motifs is 2. The Morgan fingerprint density at radius 3 is 1.24 bits per heavy atom. The quantitative estimate of drug-likeness (QED) is 0.0970. The highest BCUT2D eigenvalue weighted by Crippen LogP contribution is 2.46. The van der Waals surface area contributed by atoms with Crippen molar-refractivity contribution >= 4 is 111 Å². The topological polar surface area (TPSA) is 51.6 Å². The van der Waals surface area contributed by atoms with Crippen LogP contribution in [-0.2, 0) is 12.8 Å². The van der Waals surface area contributed by atoms with Crippen molar-refractivity contribution in [1.82, 2.24) is 17.5 Å². The minimum Gasteiger partial charge on any atom is -0.172 e. The van der Waals surface area contributed by atoms with Gasteiger partial charge in [0, 0.05) is 41.8 Å². The van der Waals surface area contributed by atoms with Crippen LogP contribution in [0.15, 0.2) is 56.1 Å². The second-order valence-corrected chi connectivity index (χ2v) is 20.3. The van der Waals surface area contributed by atoms with Gasteiger partial charge in [-0.15, -0.1) is 34.0 Å². The molecule has 0 spiro atoms. The van der Waals surface area contributed by atoms with E-state index in [0.29, 0.717) is 0 Å². The van der Waals surface area contributed by atoms with Crippen molar-refractivity contribution in [3.63, 3.8) is 0 Å². The molecule has 0 saturated carbocycles. The lowest BCUT2D eigenvalue weighted by Gasteiger charge is -2.13. The third-order valence-corrected chi connectivity index (χ3v) is 16.3. The van der Waals surface area contributed by atoms with Crippen molar-refractivity contribution in [3.05, 3.63) is 67.2 Å². The highest BCUT2D eigenvalue weighted by Gasteiger charge is 2.22. The summed E-state index contributed by atoms with van der Waals surface area (Å²) in [5.74, 6) is 1.45. The van der Waals surface area contributed by atoms with Gasteiger partial charge in [-0.1, -0.05) is 103 Å². The molecular weight excluding hydrogens is 857 g/mol. The largest absolute Gasteiger partial charge is 0.172 e. The molecule has 51 heavy (non-hydrogen) atoms. The third kappa shape index (κ3) is 8.01. The summed E-state index contributed by atoms with van der Waals surface area (Å²) >= 11 is 15.8. The highest BCUT2D eigenvalue weighted by molar-refractivity contribution is 9.11. The second-order valence-electron chi connectivity index (χ2n) is 13.5. The number of thiophene rings is 3. The van der Waals surface area contributed by atoms with Gasteiger partial charge >= 0.3 is 0 Å². The number of aromatic nitrogens is 4. The molecule has 0 aliphatic rings. The lowest BCUT2D eigenvalue weighted by molar-refractivity contribution is 0.449. The molecule has 2 atom stereocenters.